The molecule has 0 aromatic heterocycles. The van der Waals surface area contributed by atoms with Crippen LogP contribution in [-0.2, 0) is 19.1 Å². The first-order chi connectivity index (χ1) is 16.9. The Hall–Kier alpha value is -3.48. The number of nitrogens with zero attached hydrogens (tertiary/aromatic N) is 2. The van der Waals surface area contributed by atoms with E-state index >= 15 is 0 Å². The number of hydrogen-bond donors (Lipinski definition) is 2. The quantitative estimate of drug-likeness (QED) is 0.383. The van der Waals surface area contributed by atoms with Crippen LogP contribution in [0.15, 0.2) is 28.2 Å². The molecule has 1 saturated carbocycles. The number of anilines is 1. The molecule has 0 bridgehead atoms. The molecule has 10 heteroatoms. The average molecular weight is 505 g/mol. The number of benzene rings is 1. The van der Waals surface area contributed by atoms with Gasteiger partial charge in [-0.1, -0.05) is 47.1 Å². The van der Waals surface area contributed by atoms with Crippen LogP contribution < -0.4 is 10.6 Å². The molecule has 10 nitrogen and oxygen atoms in total. The van der Waals surface area contributed by atoms with Crippen molar-refractivity contribution in [2.75, 3.05) is 26.1 Å². The molecule has 2 rings (SSSR count). The third-order valence-electron chi connectivity index (χ3n) is 5.28. The van der Waals surface area contributed by atoms with Crippen LogP contribution in [0.3, 0.4) is 0 Å². The topological polar surface area (TPSA) is 136 Å². The van der Waals surface area contributed by atoms with Gasteiger partial charge in [-0.3, -0.25) is 5.32 Å². The molecule has 0 aliphatic heterocycles. The molecule has 1 aliphatic carbocycles. The van der Waals surface area contributed by atoms with Gasteiger partial charge in [0, 0.05) is 11.7 Å². The fourth-order valence-electron chi connectivity index (χ4n) is 4.33. The molecule has 0 saturated heterocycles. The molecule has 2 unspecified atom stereocenters. The second-order valence-electron chi connectivity index (χ2n) is 9.83. The summed E-state index contributed by atoms with van der Waals surface area (Å²) >= 11 is 0. The number of aryl methyl sites for hydroxylation is 1. The third-order valence-corrected chi connectivity index (χ3v) is 5.28. The smallest absolute Gasteiger partial charge is 0.411 e. The van der Waals surface area contributed by atoms with E-state index in [1.807, 2.05) is 0 Å². The predicted molar refractivity (Wildman–Crippen MR) is 139 cm³/mol. The van der Waals surface area contributed by atoms with Gasteiger partial charge < -0.3 is 14.8 Å². The van der Waals surface area contributed by atoms with Gasteiger partial charge >= 0.3 is 12.2 Å². The van der Waals surface area contributed by atoms with Crippen LogP contribution in [0.1, 0.15) is 65.9 Å². The highest BCUT2D eigenvalue weighted by Crippen LogP contribution is 2.46. The highest BCUT2D eigenvalue weighted by Gasteiger charge is 2.41. The molecule has 1 aromatic rings. The molecule has 1 aromatic carbocycles. The number of carbonyl (C=O) groups excluding carboxylic acids is 4. The second kappa shape index (κ2) is 16.2. The van der Waals surface area contributed by atoms with Gasteiger partial charge in [0.1, 0.15) is 0 Å². The summed E-state index contributed by atoms with van der Waals surface area (Å²) in [6.07, 6.45) is 6.01. The van der Waals surface area contributed by atoms with Crippen molar-refractivity contribution in [1.82, 2.24) is 5.32 Å². The number of ether oxygens (including phenoxy) is 2. The molecule has 200 valence electrons. The highest BCUT2D eigenvalue weighted by atomic mass is 16.5. The summed E-state index contributed by atoms with van der Waals surface area (Å²) in [6, 6.07) is 5.06. The number of carbonyl (C=O) groups is 2. The number of isocyanates is 2. The zero-order chi connectivity index (χ0) is 27.8. The number of alkyl carbamates (subject to hydrolysis) is 1. The van der Waals surface area contributed by atoms with E-state index in [0.29, 0.717) is 17.9 Å². The van der Waals surface area contributed by atoms with E-state index in [4.69, 9.17) is 0 Å². The summed E-state index contributed by atoms with van der Waals surface area (Å²) in [5.41, 5.74) is 1.84. The van der Waals surface area contributed by atoms with Crippen LogP contribution in [0.25, 0.3) is 0 Å². The van der Waals surface area contributed by atoms with Crippen LogP contribution in [-0.4, -0.2) is 51.2 Å². The highest BCUT2D eigenvalue weighted by molar-refractivity contribution is 5.85. The van der Waals surface area contributed by atoms with Gasteiger partial charge in [0.05, 0.1) is 26.5 Å². The van der Waals surface area contributed by atoms with Gasteiger partial charge in [-0.25, -0.2) is 24.2 Å². The zero-order valence-electron chi connectivity index (χ0n) is 22.7. The maximum atomic E-state index is 11.3. The third kappa shape index (κ3) is 12.8. The molecule has 2 atom stereocenters. The predicted octanol–water partition coefficient (Wildman–Crippen LogP) is 5.82. The first kappa shape index (κ1) is 32.5. The van der Waals surface area contributed by atoms with Gasteiger partial charge in [-0.2, -0.15) is 4.99 Å². The monoisotopic (exact) mass is 504 g/mol. The Morgan fingerprint density at radius 2 is 1.67 bits per heavy atom. The Morgan fingerprint density at radius 3 is 2.19 bits per heavy atom. The minimum absolute atomic E-state index is 0.0630. The molecule has 0 radical (unpaired) electrons. The molecule has 36 heavy (non-hydrogen) atoms. The van der Waals surface area contributed by atoms with E-state index < -0.39 is 12.2 Å². The molecule has 0 spiro atoms. The Morgan fingerprint density at radius 1 is 1.06 bits per heavy atom. The van der Waals surface area contributed by atoms with E-state index in [2.05, 4.69) is 64.7 Å². The van der Waals surface area contributed by atoms with Crippen molar-refractivity contribution in [3.05, 3.63) is 23.8 Å². The van der Waals surface area contributed by atoms with E-state index in [1.165, 1.54) is 26.7 Å². The van der Waals surface area contributed by atoms with Crippen LogP contribution in [0.2, 0.25) is 0 Å². The Balaban J connectivity index is 0.000000621. The summed E-state index contributed by atoms with van der Waals surface area (Å²) in [5, 5.41) is 5.32. The summed E-state index contributed by atoms with van der Waals surface area (Å²) in [7, 11) is 2.63. The molecule has 1 aliphatic rings. The summed E-state index contributed by atoms with van der Waals surface area (Å²) in [6.45, 7) is 12.9. The van der Waals surface area contributed by atoms with Crippen LogP contribution >= 0.6 is 0 Å². The van der Waals surface area contributed by atoms with E-state index in [9.17, 15) is 19.2 Å². The SMILES string of the molecule is CCC.COC(=O)NC1CC(C)(C)CC(C)(CN=C=O)C1.COC(=O)Nc1ccc(C)c(N=C=O)c1. The van der Waals surface area contributed by atoms with E-state index in [1.54, 1.807) is 31.2 Å². The molecule has 2 amide bonds. The van der Waals surface area contributed by atoms with Crippen molar-refractivity contribution >= 4 is 35.7 Å². The van der Waals surface area contributed by atoms with Crippen LogP contribution in [0.4, 0.5) is 21.0 Å². The van der Waals surface area contributed by atoms with Crippen molar-refractivity contribution in [3.8, 4) is 0 Å². The molecule has 2 N–H and O–H groups in total. The Kier molecular flexibility index (Phi) is 14.7. The van der Waals surface area contributed by atoms with Gasteiger partial charge in [0.25, 0.3) is 0 Å². The number of aliphatic imine (C=N–C) groups is 2. The van der Waals surface area contributed by atoms with Gasteiger partial charge in [-0.05, 0) is 54.7 Å². The van der Waals surface area contributed by atoms with Gasteiger partial charge in [0.15, 0.2) is 0 Å². The van der Waals surface area contributed by atoms with Crippen molar-refractivity contribution in [2.45, 2.75) is 73.3 Å². The van der Waals surface area contributed by atoms with E-state index in [-0.39, 0.29) is 16.9 Å². The number of hydrogen-bond acceptors (Lipinski definition) is 8. The number of methoxy groups -OCH3 is 2. The summed E-state index contributed by atoms with van der Waals surface area (Å²) < 4.78 is 9.06. The first-order valence-electron chi connectivity index (χ1n) is 11.8. The van der Waals surface area contributed by atoms with E-state index in [0.717, 1.165) is 24.8 Å². The first-order valence-corrected chi connectivity index (χ1v) is 11.8. The van der Waals surface area contributed by atoms with Gasteiger partial charge in [-0.15, -0.1) is 0 Å². The lowest BCUT2D eigenvalue weighted by molar-refractivity contribution is 0.0744. The molecule has 1 fully saturated rings. The van der Waals surface area contributed by atoms with Crippen LogP contribution in [0, 0.1) is 17.8 Å². The maximum Gasteiger partial charge on any atom is 0.411 e. The second-order valence-corrected chi connectivity index (χ2v) is 9.83. The Labute approximate surface area is 213 Å². The standard InChI is InChI=1S/C13H22N2O3.C10H10N2O3.C3H8/c1-12(2)5-10(15-11(17)18-4)6-13(3,7-12)8-14-9-16;1-7-3-4-8(12-10(14)15-2)5-9(7)11-6-13;1-3-2/h10H,5-8H2,1-4H3,(H,15,17);3-5H,1-2H3,(H,12,14);3H2,1-2H3. The molecular formula is C26H40N4O6. The fraction of sp³-hybridized carbons (Fsp3) is 0.615. The van der Waals surface area contributed by atoms with Crippen molar-refractivity contribution in [2.24, 2.45) is 20.8 Å². The Bertz CT molecular complexity index is 952. The van der Waals surface area contributed by atoms with Crippen LogP contribution in [0.5, 0.6) is 0 Å². The minimum atomic E-state index is -0.570. The number of nitrogens with one attached hydrogen (secondary N) is 2. The molecular weight excluding hydrogens is 464 g/mol. The summed E-state index contributed by atoms with van der Waals surface area (Å²) in [5.74, 6) is 0. The fourth-order valence-corrected chi connectivity index (χ4v) is 4.33. The minimum Gasteiger partial charge on any atom is -0.453 e. The summed E-state index contributed by atoms with van der Waals surface area (Å²) in [4.78, 5) is 49.8. The lowest BCUT2D eigenvalue weighted by Gasteiger charge is -2.45. The largest absolute Gasteiger partial charge is 0.453 e. The van der Waals surface area contributed by atoms with Crippen molar-refractivity contribution in [3.63, 3.8) is 0 Å². The van der Waals surface area contributed by atoms with Crippen molar-refractivity contribution < 1.29 is 28.7 Å². The maximum absolute atomic E-state index is 11.3. The number of amides is 2. The normalized spacial score (nSPS) is 19.3. The average Bonchev–Trinajstić information content (AvgIpc) is 2.79. The molecule has 0 heterocycles. The zero-order valence-corrected chi connectivity index (χ0v) is 22.7. The lowest BCUT2D eigenvalue weighted by atomic mass is 9.62. The van der Waals surface area contributed by atoms with Gasteiger partial charge in [0.2, 0.25) is 12.2 Å². The number of rotatable bonds is 5. The van der Waals surface area contributed by atoms with Crippen molar-refractivity contribution in [1.29, 1.82) is 0 Å². The lowest BCUT2D eigenvalue weighted by Crippen LogP contribution is -2.47.